The van der Waals surface area contributed by atoms with Gasteiger partial charge in [0.25, 0.3) is 11.1 Å². The topological polar surface area (TPSA) is 76.2 Å². The maximum Gasteiger partial charge on any atom is 0.294 e. The third-order valence-corrected chi connectivity index (χ3v) is 6.92. The van der Waals surface area contributed by atoms with Gasteiger partial charge in [0.1, 0.15) is 19.0 Å². The van der Waals surface area contributed by atoms with Crippen LogP contribution < -0.4 is 4.74 Å². The number of benzene rings is 2. The third kappa shape index (κ3) is 5.80. The van der Waals surface area contributed by atoms with Gasteiger partial charge in [-0.25, -0.2) is 4.39 Å². The van der Waals surface area contributed by atoms with E-state index in [2.05, 4.69) is 15.9 Å². The first kappa shape index (κ1) is 24.7. The van der Waals surface area contributed by atoms with Crippen LogP contribution in [0.25, 0.3) is 6.08 Å². The Morgan fingerprint density at radius 2 is 1.91 bits per heavy atom. The lowest BCUT2D eigenvalue weighted by Crippen LogP contribution is -2.46. The van der Waals surface area contributed by atoms with E-state index in [1.54, 1.807) is 35.2 Å². The first-order valence-electron chi connectivity index (χ1n) is 10.3. The van der Waals surface area contributed by atoms with Crippen molar-refractivity contribution in [1.29, 1.82) is 0 Å². The van der Waals surface area contributed by atoms with Crippen molar-refractivity contribution in [2.24, 2.45) is 0 Å². The van der Waals surface area contributed by atoms with Crippen LogP contribution in [0.2, 0.25) is 5.02 Å². The van der Waals surface area contributed by atoms with Gasteiger partial charge in [-0.3, -0.25) is 19.3 Å². The molecule has 0 bridgehead atoms. The number of ether oxygens (including phenoxy) is 2. The van der Waals surface area contributed by atoms with Crippen molar-refractivity contribution in [3.63, 3.8) is 0 Å². The predicted molar refractivity (Wildman–Crippen MR) is 130 cm³/mol. The van der Waals surface area contributed by atoms with Gasteiger partial charge >= 0.3 is 0 Å². The lowest BCUT2D eigenvalue weighted by atomic mass is 10.2. The van der Waals surface area contributed by atoms with Crippen LogP contribution >= 0.6 is 39.3 Å². The van der Waals surface area contributed by atoms with Gasteiger partial charge in [-0.1, -0.05) is 23.7 Å². The molecule has 0 N–H and O–H groups in total. The minimum absolute atomic E-state index is 0.188. The molecule has 34 heavy (non-hydrogen) atoms. The molecule has 0 aliphatic carbocycles. The van der Waals surface area contributed by atoms with Crippen molar-refractivity contribution in [2.45, 2.75) is 6.61 Å². The summed E-state index contributed by atoms with van der Waals surface area (Å²) in [7, 11) is 0. The summed E-state index contributed by atoms with van der Waals surface area (Å²) in [5.41, 5.74) is 1.35. The van der Waals surface area contributed by atoms with E-state index >= 15 is 0 Å². The summed E-state index contributed by atoms with van der Waals surface area (Å²) in [6, 6.07) is 9.24. The Hall–Kier alpha value is -2.40. The number of rotatable bonds is 6. The minimum Gasteiger partial charge on any atom is -0.486 e. The fourth-order valence-electron chi connectivity index (χ4n) is 3.37. The molecular weight excluding hydrogens is 551 g/mol. The Labute approximate surface area is 212 Å². The second kappa shape index (κ2) is 10.9. The summed E-state index contributed by atoms with van der Waals surface area (Å²) in [6.07, 6.45) is 1.55. The van der Waals surface area contributed by atoms with E-state index in [4.69, 9.17) is 21.1 Å². The maximum absolute atomic E-state index is 13.1. The second-order valence-corrected chi connectivity index (χ2v) is 9.74. The number of carbonyl (C=O) groups is 3. The molecule has 2 aliphatic heterocycles. The number of morpholine rings is 1. The van der Waals surface area contributed by atoms with Crippen molar-refractivity contribution >= 4 is 62.4 Å². The predicted octanol–water partition coefficient (Wildman–Crippen LogP) is 4.72. The molecule has 2 aromatic carbocycles. The third-order valence-electron chi connectivity index (χ3n) is 5.15. The highest BCUT2D eigenvalue weighted by Crippen LogP contribution is 2.38. The molecule has 0 aromatic heterocycles. The van der Waals surface area contributed by atoms with E-state index in [1.165, 1.54) is 12.1 Å². The normalized spacial score (nSPS) is 17.6. The highest BCUT2D eigenvalue weighted by atomic mass is 79.9. The zero-order valence-corrected chi connectivity index (χ0v) is 20.9. The fraction of sp³-hybridized carbons (Fsp3) is 0.261. The Balaban J connectivity index is 1.44. The van der Waals surface area contributed by atoms with Crippen LogP contribution in [0.1, 0.15) is 11.1 Å². The summed E-state index contributed by atoms with van der Waals surface area (Å²) in [5.74, 6) is -0.754. The van der Waals surface area contributed by atoms with Crippen LogP contribution in [0.4, 0.5) is 9.18 Å². The monoisotopic (exact) mass is 568 g/mol. The Morgan fingerprint density at radius 1 is 1.21 bits per heavy atom. The van der Waals surface area contributed by atoms with Crippen LogP contribution in [0, 0.1) is 5.82 Å². The van der Waals surface area contributed by atoms with E-state index < -0.39 is 11.1 Å². The SMILES string of the molecule is O=C(CN1C(=O)S/C(=C/c2cc(Cl)c(OCc3ccc(F)cc3)c(Br)c2)C1=O)N1CCOCC1. The van der Waals surface area contributed by atoms with Crippen molar-refractivity contribution in [3.8, 4) is 5.75 Å². The fourth-order valence-corrected chi connectivity index (χ4v) is 5.20. The Bertz CT molecular complexity index is 1130. The molecule has 0 unspecified atom stereocenters. The molecule has 2 saturated heterocycles. The average molecular weight is 570 g/mol. The van der Waals surface area contributed by atoms with Crippen LogP contribution in [-0.4, -0.2) is 59.7 Å². The molecular formula is C23H19BrClFN2O5S. The zero-order chi connectivity index (χ0) is 24.2. The van der Waals surface area contributed by atoms with Gasteiger partial charge in [0.05, 0.1) is 27.6 Å². The van der Waals surface area contributed by atoms with E-state index in [1.807, 2.05) is 0 Å². The summed E-state index contributed by atoms with van der Waals surface area (Å²) in [5, 5.41) is -0.202. The highest BCUT2D eigenvalue weighted by Gasteiger charge is 2.37. The molecule has 0 atom stereocenters. The standard InChI is InChI=1S/C23H19BrClFN2O5S/c24-17-9-15(10-18(25)21(17)33-13-14-1-3-16(26)4-2-14)11-19-22(30)28(23(31)34-19)12-20(29)27-5-7-32-8-6-27/h1-4,9-11H,5-8,12-13H2/b19-11+. The molecule has 178 valence electrons. The van der Waals surface area contributed by atoms with Crippen LogP contribution in [0.3, 0.4) is 0 Å². The molecule has 0 saturated carbocycles. The summed E-state index contributed by atoms with van der Waals surface area (Å²) in [4.78, 5) is 40.4. The number of hydrogen-bond donors (Lipinski definition) is 0. The van der Waals surface area contributed by atoms with E-state index in [9.17, 15) is 18.8 Å². The van der Waals surface area contributed by atoms with Crippen molar-refractivity contribution in [1.82, 2.24) is 9.80 Å². The number of hydrogen-bond acceptors (Lipinski definition) is 6. The Kier molecular flexibility index (Phi) is 7.92. The molecule has 2 heterocycles. The molecule has 2 fully saturated rings. The van der Waals surface area contributed by atoms with Gasteiger partial charge in [0.2, 0.25) is 5.91 Å². The van der Waals surface area contributed by atoms with Crippen LogP contribution in [0.15, 0.2) is 45.8 Å². The van der Waals surface area contributed by atoms with Crippen LogP contribution in [-0.2, 0) is 20.9 Å². The highest BCUT2D eigenvalue weighted by molar-refractivity contribution is 9.10. The molecule has 11 heteroatoms. The number of thioether (sulfide) groups is 1. The van der Waals surface area contributed by atoms with Crippen molar-refractivity contribution < 1.29 is 28.2 Å². The molecule has 4 rings (SSSR count). The lowest BCUT2D eigenvalue weighted by Gasteiger charge is -2.28. The smallest absolute Gasteiger partial charge is 0.294 e. The quantitative estimate of drug-likeness (QED) is 0.469. The van der Waals surface area contributed by atoms with Gasteiger partial charge in [0, 0.05) is 13.1 Å². The molecule has 7 nitrogen and oxygen atoms in total. The number of nitrogens with zero attached hydrogens (tertiary/aromatic N) is 2. The van der Waals surface area contributed by atoms with Gasteiger partial charge < -0.3 is 14.4 Å². The van der Waals surface area contributed by atoms with Gasteiger partial charge in [-0.05, 0) is 69.2 Å². The largest absolute Gasteiger partial charge is 0.486 e. The zero-order valence-electron chi connectivity index (χ0n) is 17.8. The molecule has 0 spiro atoms. The summed E-state index contributed by atoms with van der Waals surface area (Å²) in [6.45, 7) is 1.64. The first-order valence-corrected chi connectivity index (χ1v) is 12.3. The van der Waals surface area contributed by atoms with E-state index in [-0.39, 0.29) is 29.8 Å². The summed E-state index contributed by atoms with van der Waals surface area (Å²) < 4.78 is 24.6. The molecule has 0 radical (unpaired) electrons. The molecule has 3 amide bonds. The van der Waals surface area contributed by atoms with Crippen molar-refractivity contribution in [3.05, 3.63) is 67.7 Å². The van der Waals surface area contributed by atoms with Gasteiger partial charge in [-0.2, -0.15) is 0 Å². The summed E-state index contributed by atoms with van der Waals surface area (Å²) >= 11 is 10.6. The van der Waals surface area contributed by atoms with Crippen LogP contribution in [0.5, 0.6) is 5.75 Å². The molecule has 2 aliphatic rings. The molecule has 2 aromatic rings. The van der Waals surface area contributed by atoms with Gasteiger partial charge in [0.15, 0.2) is 5.75 Å². The first-order chi connectivity index (χ1) is 16.3. The minimum atomic E-state index is -0.527. The van der Waals surface area contributed by atoms with E-state index in [0.717, 1.165) is 22.2 Å². The van der Waals surface area contributed by atoms with Gasteiger partial charge in [-0.15, -0.1) is 0 Å². The Morgan fingerprint density at radius 3 is 2.59 bits per heavy atom. The lowest BCUT2D eigenvalue weighted by molar-refractivity contribution is -0.139. The average Bonchev–Trinajstić information content (AvgIpc) is 3.07. The second-order valence-electron chi connectivity index (χ2n) is 7.49. The number of imide groups is 1. The maximum atomic E-state index is 13.1. The van der Waals surface area contributed by atoms with E-state index in [0.29, 0.717) is 47.1 Å². The number of carbonyl (C=O) groups excluding carboxylic acids is 3. The van der Waals surface area contributed by atoms with Crippen molar-refractivity contribution in [2.75, 3.05) is 32.8 Å². The number of halogens is 3. The number of amides is 3.